The van der Waals surface area contributed by atoms with Gasteiger partial charge in [0.2, 0.25) is 0 Å². The van der Waals surface area contributed by atoms with E-state index in [1.54, 1.807) is 36.9 Å². The van der Waals surface area contributed by atoms with Crippen LogP contribution in [0.15, 0.2) is 30.6 Å². The van der Waals surface area contributed by atoms with Crippen molar-refractivity contribution >= 4 is 34.3 Å². The molecule has 0 bridgehead atoms. The Balaban J connectivity index is 0.000000248. The van der Waals surface area contributed by atoms with E-state index < -0.39 is 0 Å². The number of aromatic nitrogens is 3. The molecule has 0 aliphatic carbocycles. The molecular formula is C21H27N5O3S. The van der Waals surface area contributed by atoms with Crippen molar-refractivity contribution in [1.82, 2.24) is 14.8 Å². The minimum atomic E-state index is -0.226. The molecule has 3 rings (SSSR count). The number of aldehydes is 1. The first-order chi connectivity index (χ1) is 14.1. The second-order valence-electron chi connectivity index (χ2n) is 7.61. The largest absolute Gasteiger partial charge is 0.508 e. The molecule has 3 aromatic rings. The van der Waals surface area contributed by atoms with Gasteiger partial charge in [-0.1, -0.05) is 17.4 Å². The Labute approximate surface area is 180 Å². The average molecular weight is 430 g/mol. The zero-order chi connectivity index (χ0) is 22.5. The van der Waals surface area contributed by atoms with Crippen molar-refractivity contribution < 1.29 is 14.7 Å². The molecular weight excluding hydrogens is 402 g/mol. The third kappa shape index (κ3) is 5.66. The van der Waals surface area contributed by atoms with E-state index in [4.69, 9.17) is 0 Å². The Kier molecular flexibility index (Phi) is 7.33. The van der Waals surface area contributed by atoms with Crippen LogP contribution < -0.4 is 10.6 Å². The van der Waals surface area contributed by atoms with Crippen LogP contribution in [0.5, 0.6) is 5.75 Å². The van der Waals surface area contributed by atoms with Crippen LogP contribution in [0.3, 0.4) is 0 Å². The van der Waals surface area contributed by atoms with E-state index in [-0.39, 0.29) is 17.2 Å². The van der Waals surface area contributed by atoms with Crippen molar-refractivity contribution in [3.8, 4) is 5.75 Å². The fourth-order valence-corrected chi connectivity index (χ4v) is 3.14. The number of nitrogens with one attached hydrogen (secondary N) is 2. The summed E-state index contributed by atoms with van der Waals surface area (Å²) in [7, 11) is 1.75. The zero-order valence-corrected chi connectivity index (χ0v) is 18.8. The van der Waals surface area contributed by atoms with E-state index in [1.807, 2.05) is 33.9 Å². The van der Waals surface area contributed by atoms with Crippen LogP contribution in [0.25, 0.3) is 0 Å². The predicted molar refractivity (Wildman–Crippen MR) is 120 cm³/mol. The highest BCUT2D eigenvalue weighted by Gasteiger charge is 2.15. The van der Waals surface area contributed by atoms with Gasteiger partial charge in [0.25, 0.3) is 5.91 Å². The monoisotopic (exact) mass is 429 g/mol. The van der Waals surface area contributed by atoms with E-state index >= 15 is 0 Å². The molecule has 0 aliphatic rings. The predicted octanol–water partition coefficient (Wildman–Crippen LogP) is 4.21. The molecule has 0 atom stereocenters. The fraction of sp³-hybridized carbons (Fsp3) is 0.333. The highest BCUT2D eigenvalue weighted by Crippen LogP contribution is 2.29. The summed E-state index contributed by atoms with van der Waals surface area (Å²) in [6.45, 7) is 9.76. The van der Waals surface area contributed by atoms with E-state index in [1.165, 1.54) is 17.5 Å². The molecule has 3 N–H and O–H groups in total. The Morgan fingerprint density at radius 1 is 1.23 bits per heavy atom. The summed E-state index contributed by atoms with van der Waals surface area (Å²) in [4.78, 5) is 27.0. The van der Waals surface area contributed by atoms with Gasteiger partial charge in [-0.05, 0) is 52.3 Å². The van der Waals surface area contributed by atoms with E-state index in [0.29, 0.717) is 27.0 Å². The molecule has 0 aliphatic heterocycles. The SMILES string of the molecule is CC(C)(C)n1ccc(C=O)n1.CNc1ncc(C(=O)Nc2c(C)ccc(O)c2C)s1. The molecule has 9 heteroatoms. The number of hydrogen-bond acceptors (Lipinski definition) is 7. The summed E-state index contributed by atoms with van der Waals surface area (Å²) < 4.78 is 1.77. The Hall–Kier alpha value is -3.20. The summed E-state index contributed by atoms with van der Waals surface area (Å²) in [5.41, 5.74) is 2.65. The first-order valence-electron chi connectivity index (χ1n) is 9.32. The number of amides is 1. The minimum Gasteiger partial charge on any atom is -0.508 e. The number of carbonyl (C=O) groups excluding carboxylic acids is 2. The zero-order valence-electron chi connectivity index (χ0n) is 18.0. The number of carbonyl (C=O) groups is 2. The van der Waals surface area contributed by atoms with Crippen LogP contribution in [0.1, 0.15) is 52.1 Å². The maximum absolute atomic E-state index is 12.1. The number of phenolic OH excluding ortho intramolecular Hbond substituents is 1. The fourth-order valence-electron chi connectivity index (χ4n) is 2.47. The summed E-state index contributed by atoms with van der Waals surface area (Å²) in [6, 6.07) is 5.09. The summed E-state index contributed by atoms with van der Waals surface area (Å²) in [5, 5.41) is 20.1. The number of aryl methyl sites for hydroxylation is 1. The van der Waals surface area contributed by atoms with Crippen LogP contribution in [-0.4, -0.2) is 39.1 Å². The lowest BCUT2D eigenvalue weighted by Crippen LogP contribution is -2.22. The maximum atomic E-state index is 12.1. The molecule has 0 saturated heterocycles. The third-order valence-corrected chi connectivity index (χ3v) is 5.26. The molecule has 8 nitrogen and oxygen atoms in total. The summed E-state index contributed by atoms with van der Waals surface area (Å²) >= 11 is 1.28. The van der Waals surface area contributed by atoms with Gasteiger partial charge in [-0.15, -0.1) is 0 Å². The van der Waals surface area contributed by atoms with E-state index in [9.17, 15) is 14.7 Å². The molecule has 1 amide bonds. The Bertz CT molecular complexity index is 1030. The second kappa shape index (κ2) is 9.53. The van der Waals surface area contributed by atoms with Gasteiger partial charge in [0.05, 0.1) is 17.4 Å². The van der Waals surface area contributed by atoms with Crippen molar-refractivity contribution in [3.05, 3.63) is 52.3 Å². The van der Waals surface area contributed by atoms with Gasteiger partial charge in [-0.3, -0.25) is 14.3 Å². The molecule has 160 valence electrons. The van der Waals surface area contributed by atoms with Gasteiger partial charge in [-0.25, -0.2) is 4.98 Å². The van der Waals surface area contributed by atoms with Gasteiger partial charge >= 0.3 is 0 Å². The normalized spacial score (nSPS) is 10.7. The second-order valence-corrected chi connectivity index (χ2v) is 8.64. The van der Waals surface area contributed by atoms with Crippen LogP contribution in [0.4, 0.5) is 10.8 Å². The molecule has 2 heterocycles. The van der Waals surface area contributed by atoms with Crippen molar-refractivity contribution in [2.45, 2.75) is 40.2 Å². The van der Waals surface area contributed by atoms with Crippen LogP contribution >= 0.6 is 11.3 Å². The number of aromatic hydroxyl groups is 1. The molecule has 0 fully saturated rings. The first kappa shape index (κ1) is 23.1. The summed E-state index contributed by atoms with van der Waals surface area (Å²) in [6.07, 6.45) is 4.09. The molecule has 0 unspecified atom stereocenters. The number of benzene rings is 1. The van der Waals surface area contributed by atoms with Crippen LogP contribution in [0, 0.1) is 13.8 Å². The van der Waals surface area contributed by atoms with Crippen molar-refractivity contribution in [2.75, 3.05) is 17.7 Å². The van der Waals surface area contributed by atoms with E-state index in [0.717, 1.165) is 11.8 Å². The minimum absolute atomic E-state index is 0.0404. The molecule has 0 saturated carbocycles. The van der Waals surface area contributed by atoms with Gasteiger partial charge < -0.3 is 15.7 Å². The van der Waals surface area contributed by atoms with Crippen molar-refractivity contribution in [3.63, 3.8) is 0 Å². The average Bonchev–Trinajstić information content (AvgIpc) is 3.37. The smallest absolute Gasteiger partial charge is 0.267 e. The van der Waals surface area contributed by atoms with Crippen LogP contribution in [0.2, 0.25) is 0 Å². The lowest BCUT2D eigenvalue weighted by Gasteiger charge is -2.18. The van der Waals surface area contributed by atoms with Crippen molar-refractivity contribution in [2.24, 2.45) is 0 Å². The highest BCUT2D eigenvalue weighted by atomic mass is 32.1. The molecule has 30 heavy (non-hydrogen) atoms. The number of rotatable bonds is 4. The maximum Gasteiger partial charge on any atom is 0.267 e. The molecule has 0 spiro atoms. The van der Waals surface area contributed by atoms with E-state index in [2.05, 4.69) is 20.7 Å². The number of thiazole rings is 1. The number of anilines is 2. The third-order valence-electron chi connectivity index (χ3n) is 4.24. The lowest BCUT2D eigenvalue weighted by atomic mass is 10.1. The Morgan fingerprint density at radius 3 is 2.43 bits per heavy atom. The van der Waals surface area contributed by atoms with Crippen LogP contribution in [-0.2, 0) is 5.54 Å². The molecule has 2 aromatic heterocycles. The summed E-state index contributed by atoms with van der Waals surface area (Å²) in [5.74, 6) is -0.0584. The number of phenols is 1. The van der Waals surface area contributed by atoms with Crippen molar-refractivity contribution in [1.29, 1.82) is 0 Å². The quantitative estimate of drug-likeness (QED) is 0.536. The highest BCUT2D eigenvalue weighted by molar-refractivity contribution is 7.17. The Morgan fingerprint density at radius 2 is 1.93 bits per heavy atom. The van der Waals surface area contributed by atoms with Gasteiger partial charge in [0.1, 0.15) is 16.3 Å². The number of hydrogen-bond donors (Lipinski definition) is 3. The molecule has 0 radical (unpaired) electrons. The van der Waals surface area contributed by atoms with Gasteiger partial charge in [-0.2, -0.15) is 5.10 Å². The van der Waals surface area contributed by atoms with Gasteiger partial charge in [0, 0.05) is 18.8 Å². The molecule has 1 aromatic carbocycles. The number of nitrogens with zero attached hydrogens (tertiary/aromatic N) is 3. The first-order valence-corrected chi connectivity index (χ1v) is 10.1. The topological polar surface area (TPSA) is 109 Å². The van der Waals surface area contributed by atoms with Gasteiger partial charge in [0.15, 0.2) is 11.4 Å². The standard InChI is InChI=1S/C13H15N3O2S.C8H12N2O/c1-7-4-5-9(17)8(2)11(7)16-12(18)10-6-15-13(14-3)19-10;1-8(2,3)10-5-4-7(6-11)9-10/h4-6,17H,1-3H3,(H,14,15)(H,16,18);4-6H,1-3H3. The lowest BCUT2D eigenvalue weighted by molar-refractivity contribution is 0.102.